The predicted molar refractivity (Wildman–Crippen MR) is 77.4 cm³/mol. The monoisotopic (exact) mass is 264 g/mol. The second-order valence-corrected chi connectivity index (χ2v) is 5.16. The number of aryl methyl sites for hydroxylation is 1. The molecule has 2 heterocycles. The van der Waals surface area contributed by atoms with Crippen molar-refractivity contribution in [2.45, 2.75) is 26.8 Å². The minimum Gasteiger partial charge on any atom is -0.349 e. The van der Waals surface area contributed by atoms with Gasteiger partial charge in [0.05, 0.1) is 5.69 Å². The van der Waals surface area contributed by atoms with Gasteiger partial charge in [-0.05, 0) is 37.0 Å². The summed E-state index contributed by atoms with van der Waals surface area (Å²) in [5.41, 5.74) is 5.10. The van der Waals surface area contributed by atoms with Gasteiger partial charge in [-0.3, -0.25) is 0 Å². The largest absolute Gasteiger partial charge is 0.349 e. The van der Waals surface area contributed by atoms with Gasteiger partial charge >= 0.3 is 0 Å². The summed E-state index contributed by atoms with van der Waals surface area (Å²) in [6.07, 6.45) is 0.982. The van der Waals surface area contributed by atoms with Gasteiger partial charge in [0.2, 0.25) is 0 Å². The average Bonchev–Trinajstić information content (AvgIpc) is 2.49. The van der Waals surface area contributed by atoms with Crippen LogP contribution >= 0.6 is 0 Å². The van der Waals surface area contributed by atoms with Gasteiger partial charge in [0.15, 0.2) is 5.82 Å². The highest BCUT2D eigenvalue weighted by molar-refractivity contribution is 5.58. The summed E-state index contributed by atoms with van der Waals surface area (Å²) in [5, 5.41) is 17.8. The predicted octanol–water partition coefficient (Wildman–Crippen LogP) is 2.53. The van der Waals surface area contributed by atoms with Gasteiger partial charge in [-0.25, -0.2) is 0 Å². The third-order valence-corrected chi connectivity index (χ3v) is 3.98. The Morgan fingerprint density at radius 2 is 1.90 bits per heavy atom. The number of aromatic nitrogens is 2. The minimum atomic E-state index is 0.650. The lowest BCUT2D eigenvalue weighted by atomic mass is 9.99. The Morgan fingerprint density at radius 1 is 1.15 bits per heavy atom. The van der Waals surface area contributed by atoms with Crippen molar-refractivity contribution in [2.75, 3.05) is 11.4 Å². The average molecular weight is 264 g/mol. The van der Waals surface area contributed by atoms with E-state index in [4.69, 9.17) is 0 Å². The van der Waals surface area contributed by atoms with Gasteiger partial charge in [-0.15, -0.1) is 5.10 Å². The maximum atomic E-state index is 9.41. The van der Waals surface area contributed by atoms with E-state index in [9.17, 15) is 5.26 Å². The van der Waals surface area contributed by atoms with Crippen LogP contribution in [-0.4, -0.2) is 16.7 Å². The lowest BCUT2D eigenvalue weighted by Gasteiger charge is -2.30. The van der Waals surface area contributed by atoms with Crippen LogP contribution in [0.15, 0.2) is 24.3 Å². The maximum absolute atomic E-state index is 9.41. The molecule has 0 amide bonds. The molecule has 100 valence electrons. The molecule has 1 aromatic carbocycles. The lowest BCUT2D eigenvalue weighted by molar-refractivity contribution is 0.708. The molecule has 0 atom stereocenters. The molecule has 0 saturated carbocycles. The first-order chi connectivity index (χ1) is 9.70. The van der Waals surface area contributed by atoms with Crippen molar-refractivity contribution >= 4 is 5.82 Å². The van der Waals surface area contributed by atoms with Crippen molar-refractivity contribution < 1.29 is 0 Å². The van der Waals surface area contributed by atoms with Crippen LogP contribution in [0.2, 0.25) is 0 Å². The van der Waals surface area contributed by atoms with Gasteiger partial charge in [0, 0.05) is 13.1 Å². The van der Waals surface area contributed by atoms with E-state index in [1.54, 1.807) is 0 Å². The molecule has 0 radical (unpaired) electrons. The number of hydrogen-bond donors (Lipinski definition) is 0. The summed E-state index contributed by atoms with van der Waals surface area (Å²) in [7, 11) is 0. The molecule has 3 rings (SSSR count). The first-order valence-electron chi connectivity index (χ1n) is 6.76. The molecule has 0 unspecified atom stereocenters. The van der Waals surface area contributed by atoms with E-state index < -0.39 is 0 Å². The van der Waals surface area contributed by atoms with Crippen LogP contribution in [0.4, 0.5) is 5.82 Å². The normalized spacial score (nSPS) is 13.8. The Labute approximate surface area is 118 Å². The Balaban J connectivity index is 2.00. The number of nitrogens with zero attached hydrogens (tertiary/aromatic N) is 4. The molecule has 1 aliphatic rings. The fourth-order valence-electron chi connectivity index (χ4n) is 2.63. The van der Waals surface area contributed by atoms with Crippen LogP contribution in [0.1, 0.15) is 27.9 Å². The third kappa shape index (κ3) is 2.01. The molecule has 4 nitrogen and oxygen atoms in total. The SMILES string of the molecule is Cc1nnc(N2CCc3ccccc3C2)c(C#N)c1C. The third-order valence-electron chi connectivity index (χ3n) is 3.98. The zero-order valence-corrected chi connectivity index (χ0v) is 11.7. The highest BCUT2D eigenvalue weighted by Crippen LogP contribution is 2.27. The second-order valence-electron chi connectivity index (χ2n) is 5.16. The highest BCUT2D eigenvalue weighted by atomic mass is 15.3. The summed E-state index contributed by atoms with van der Waals surface area (Å²) in [6.45, 7) is 5.49. The van der Waals surface area contributed by atoms with Crippen LogP contribution in [0.5, 0.6) is 0 Å². The summed E-state index contributed by atoms with van der Waals surface area (Å²) < 4.78 is 0. The van der Waals surface area contributed by atoms with E-state index in [1.165, 1.54) is 11.1 Å². The molecule has 1 aromatic heterocycles. The first-order valence-corrected chi connectivity index (χ1v) is 6.76. The summed E-state index contributed by atoms with van der Waals surface area (Å²) in [4.78, 5) is 2.15. The van der Waals surface area contributed by atoms with E-state index in [-0.39, 0.29) is 0 Å². The molecule has 0 N–H and O–H groups in total. The first kappa shape index (κ1) is 12.6. The topological polar surface area (TPSA) is 52.8 Å². The van der Waals surface area contributed by atoms with Gasteiger partial charge < -0.3 is 4.90 Å². The molecular formula is C16H16N4. The van der Waals surface area contributed by atoms with Crippen LogP contribution in [-0.2, 0) is 13.0 Å². The quantitative estimate of drug-likeness (QED) is 0.794. The maximum Gasteiger partial charge on any atom is 0.169 e. The molecule has 20 heavy (non-hydrogen) atoms. The molecule has 0 bridgehead atoms. The number of anilines is 1. The van der Waals surface area contributed by atoms with Crippen molar-refractivity contribution in [3.8, 4) is 6.07 Å². The zero-order valence-electron chi connectivity index (χ0n) is 11.7. The molecule has 0 saturated heterocycles. The van der Waals surface area contributed by atoms with Crippen LogP contribution < -0.4 is 4.90 Å². The zero-order chi connectivity index (χ0) is 14.1. The Kier molecular flexibility index (Phi) is 3.11. The van der Waals surface area contributed by atoms with E-state index in [0.29, 0.717) is 11.4 Å². The van der Waals surface area contributed by atoms with Crippen molar-refractivity contribution in [2.24, 2.45) is 0 Å². The van der Waals surface area contributed by atoms with Crippen molar-refractivity contribution in [3.05, 3.63) is 52.2 Å². The number of fused-ring (bicyclic) bond motifs is 1. The molecular weight excluding hydrogens is 248 g/mol. The Bertz CT molecular complexity index is 700. The van der Waals surface area contributed by atoms with Crippen LogP contribution in [0.3, 0.4) is 0 Å². The molecule has 0 fully saturated rings. The van der Waals surface area contributed by atoms with E-state index in [1.807, 2.05) is 13.8 Å². The van der Waals surface area contributed by atoms with E-state index >= 15 is 0 Å². The Hall–Kier alpha value is -2.41. The van der Waals surface area contributed by atoms with Crippen molar-refractivity contribution in [1.29, 1.82) is 5.26 Å². The second kappa shape index (κ2) is 4.93. The fourth-order valence-corrected chi connectivity index (χ4v) is 2.63. The lowest BCUT2D eigenvalue weighted by Crippen LogP contribution is -2.32. The standard InChI is InChI=1S/C16H16N4/c1-11-12(2)18-19-16(15(11)9-17)20-8-7-13-5-3-4-6-14(13)10-20/h3-6H,7-8,10H2,1-2H3. The molecule has 0 spiro atoms. The van der Waals surface area contributed by atoms with E-state index in [2.05, 4.69) is 45.4 Å². The molecule has 1 aliphatic heterocycles. The van der Waals surface area contributed by atoms with Crippen LogP contribution in [0, 0.1) is 25.2 Å². The van der Waals surface area contributed by atoms with Gasteiger partial charge in [-0.1, -0.05) is 24.3 Å². The molecule has 4 heteroatoms. The van der Waals surface area contributed by atoms with Gasteiger partial charge in [0.25, 0.3) is 0 Å². The van der Waals surface area contributed by atoms with Gasteiger partial charge in [0.1, 0.15) is 11.6 Å². The molecule has 0 aliphatic carbocycles. The van der Waals surface area contributed by atoms with E-state index in [0.717, 1.165) is 30.8 Å². The smallest absolute Gasteiger partial charge is 0.169 e. The minimum absolute atomic E-state index is 0.650. The summed E-state index contributed by atoms with van der Waals surface area (Å²) in [6, 6.07) is 10.7. The van der Waals surface area contributed by atoms with Crippen LogP contribution in [0.25, 0.3) is 0 Å². The van der Waals surface area contributed by atoms with Crippen molar-refractivity contribution in [3.63, 3.8) is 0 Å². The number of benzene rings is 1. The van der Waals surface area contributed by atoms with Crippen molar-refractivity contribution in [1.82, 2.24) is 10.2 Å². The van der Waals surface area contributed by atoms with Gasteiger partial charge in [-0.2, -0.15) is 10.4 Å². The summed E-state index contributed by atoms with van der Waals surface area (Å²) >= 11 is 0. The summed E-state index contributed by atoms with van der Waals surface area (Å²) in [5.74, 6) is 0.713. The number of nitriles is 1. The Morgan fingerprint density at radius 3 is 2.65 bits per heavy atom. The number of hydrogen-bond acceptors (Lipinski definition) is 4. The number of rotatable bonds is 1. The fraction of sp³-hybridized carbons (Fsp3) is 0.312. The molecule has 2 aromatic rings. The highest BCUT2D eigenvalue weighted by Gasteiger charge is 2.21.